The highest BCUT2D eigenvalue weighted by atomic mass is 16.6. The van der Waals surface area contributed by atoms with Gasteiger partial charge in [-0.25, -0.2) is 4.79 Å². The molecule has 0 aliphatic heterocycles. The molecule has 0 bridgehead atoms. The van der Waals surface area contributed by atoms with E-state index in [1.807, 2.05) is 31.2 Å². The van der Waals surface area contributed by atoms with Crippen molar-refractivity contribution in [1.29, 1.82) is 0 Å². The Hall–Kier alpha value is -1.84. The Morgan fingerprint density at radius 3 is 2.53 bits per heavy atom. The summed E-state index contributed by atoms with van der Waals surface area (Å²) in [6, 6.07) is 6.88. The lowest BCUT2D eigenvalue weighted by molar-refractivity contribution is -0.109. The van der Waals surface area contributed by atoms with Crippen LogP contribution < -0.4 is 5.32 Å². The number of nitrogens with one attached hydrogen (secondary N) is 1. The standard InChI is InChI=1S/C15H21NO3/c1-5-11-8-6-7-9-12(11)13(10-17)16-14(18)19-15(2,3)4/h6-10,13H,5H2,1-4H3,(H,16,18). The van der Waals surface area contributed by atoms with Gasteiger partial charge in [-0.2, -0.15) is 0 Å². The largest absolute Gasteiger partial charge is 0.444 e. The molecule has 0 heterocycles. The zero-order valence-corrected chi connectivity index (χ0v) is 11.9. The van der Waals surface area contributed by atoms with Crippen molar-refractivity contribution in [2.45, 2.75) is 45.8 Å². The first-order valence-corrected chi connectivity index (χ1v) is 6.40. The van der Waals surface area contributed by atoms with Crippen LogP contribution in [0.5, 0.6) is 0 Å². The summed E-state index contributed by atoms with van der Waals surface area (Å²) in [6.07, 6.45) is 0.935. The maximum Gasteiger partial charge on any atom is 0.408 e. The van der Waals surface area contributed by atoms with Crippen molar-refractivity contribution in [2.24, 2.45) is 0 Å². The summed E-state index contributed by atoms with van der Waals surface area (Å²) in [5.74, 6) is 0. The lowest BCUT2D eigenvalue weighted by Gasteiger charge is -2.22. The summed E-state index contributed by atoms with van der Waals surface area (Å²) in [5.41, 5.74) is 1.27. The maximum atomic E-state index is 11.7. The Bertz CT molecular complexity index is 449. The normalized spacial score (nSPS) is 12.6. The minimum atomic E-state index is -0.675. The van der Waals surface area contributed by atoms with Crippen LogP contribution in [0.1, 0.15) is 44.9 Å². The van der Waals surface area contributed by atoms with E-state index in [1.54, 1.807) is 20.8 Å². The van der Waals surface area contributed by atoms with Crippen molar-refractivity contribution < 1.29 is 14.3 Å². The number of hydrogen-bond acceptors (Lipinski definition) is 3. The molecule has 1 atom stereocenters. The Morgan fingerprint density at radius 2 is 2.00 bits per heavy atom. The third-order valence-electron chi connectivity index (χ3n) is 2.58. The van der Waals surface area contributed by atoms with Crippen LogP contribution in [-0.4, -0.2) is 18.0 Å². The van der Waals surface area contributed by atoms with Gasteiger partial charge in [-0.05, 0) is 38.3 Å². The van der Waals surface area contributed by atoms with E-state index in [1.165, 1.54) is 0 Å². The third-order valence-corrected chi connectivity index (χ3v) is 2.58. The van der Waals surface area contributed by atoms with Crippen LogP contribution in [0.3, 0.4) is 0 Å². The smallest absolute Gasteiger partial charge is 0.408 e. The first-order valence-electron chi connectivity index (χ1n) is 6.40. The average Bonchev–Trinajstić information content (AvgIpc) is 2.33. The van der Waals surface area contributed by atoms with Crippen molar-refractivity contribution in [3.8, 4) is 0 Å². The van der Waals surface area contributed by atoms with Gasteiger partial charge in [0, 0.05) is 0 Å². The Labute approximate surface area is 114 Å². The topological polar surface area (TPSA) is 55.4 Å². The zero-order chi connectivity index (χ0) is 14.5. The van der Waals surface area contributed by atoms with Gasteiger partial charge in [0.25, 0.3) is 0 Å². The quantitative estimate of drug-likeness (QED) is 0.849. The monoisotopic (exact) mass is 263 g/mol. The molecule has 1 aromatic rings. The van der Waals surface area contributed by atoms with Crippen LogP contribution in [0.15, 0.2) is 24.3 Å². The van der Waals surface area contributed by atoms with E-state index in [9.17, 15) is 9.59 Å². The van der Waals surface area contributed by atoms with E-state index in [4.69, 9.17) is 4.74 Å². The van der Waals surface area contributed by atoms with Gasteiger partial charge in [-0.15, -0.1) is 0 Å². The van der Waals surface area contributed by atoms with Crippen LogP contribution in [-0.2, 0) is 16.0 Å². The highest BCUT2D eigenvalue weighted by molar-refractivity contribution is 5.75. The second-order valence-corrected chi connectivity index (χ2v) is 5.31. The number of alkyl carbamates (subject to hydrolysis) is 1. The number of amides is 1. The van der Waals surface area contributed by atoms with Gasteiger partial charge in [0.1, 0.15) is 17.9 Å². The zero-order valence-electron chi connectivity index (χ0n) is 11.9. The Balaban J connectivity index is 2.84. The summed E-state index contributed by atoms with van der Waals surface area (Å²) in [4.78, 5) is 22.9. The van der Waals surface area contributed by atoms with E-state index >= 15 is 0 Å². The molecule has 1 amide bonds. The Morgan fingerprint density at radius 1 is 1.37 bits per heavy atom. The number of benzene rings is 1. The van der Waals surface area contributed by atoms with Crippen LogP contribution >= 0.6 is 0 Å². The number of carbonyl (C=O) groups is 2. The van der Waals surface area contributed by atoms with Gasteiger partial charge in [0.2, 0.25) is 0 Å². The van der Waals surface area contributed by atoms with Crippen molar-refractivity contribution >= 4 is 12.4 Å². The SMILES string of the molecule is CCc1ccccc1C(C=O)NC(=O)OC(C)(C)C. The fraction of sp³-hybridized carbons (Fsp3) is 0.467. The van der Waals surface area contributed by atoms with E-state index in [2.05, 4.69) is 5.32 Å². The van der Waals surface area contributed by atoms with Crippen molar-refractivity contribution in [3.63, 3.8) is 0 Å². The van der Waals surface area contributed by atoms with Crippen molar-refractivity contribution in [2.75, 3.05) is 0 Å². The highest BCUT2D eigenvalue weighted by Crippen LogP contribution is 2.18. The van der Waals surface area contributed by atoms with Gasteiger partial charge in [0.15, 0.2) is 0 Å². The van der Waals surface area contributed by atoms with Crippen LogP contribution in [0, 0.1) is 0 Å². The number of ether oxygens (including phenoxy) is 1. The maximum absolute atomic E-state index is 11.7. The van der Waals surface area contributed by atoms with Crippen molar-refractivity contribution in [1.82, 2.24) is 5.32 Å². The van der Waals surface area contributed by atoms with Crippen molar-refractivity contribution in [3.05, 3.63) is 35.4 Å². The lowest BCUT2D eigenvalue weighted by Crippen LogP contribution is -2.35. The summed E-state index contributed by atoms with van der Waals surface area (Å²) >= 11 is 0. The van der Waals surface area contributed by atoms with Gasteiger partial charge < -0.3 is 14.8 Å². The van der Waals surface area contributed by atoms with Crippen LogP contribution in [0.25, 0.3) is 0 Å². The Kier molecular flexibility index (Phi) is 5.10. The van der Waals surface area contributed by atoms with E-state index in [-0.39, 0.29) is 0 Å². The molecule has 4 heteroatoms. The number of aryl methyl sites for hydroxylation is 1. The fourth-order valence-corrected chi connectivity index (χ4v) is 1.78. The van der Waals surface area contributed by atoms with E-state index in [0.717, 1.165) is 23.8 Å². The molecule has 1 aromatic carbocycles. The second kappa shape index (κ2) is 6.36. The van der Waals surface area contributed by atoms with E-state index < -0.39 is 17.7 Å². The average molecular weight is 263 g/mol. The predicted molar refractivity (Wildman–Crippen MR) is 74.0 cm³/mol. The van der Waals surface area contributed by atoms with Gasteiger partial charge in [-0.3, -0.25) is 0 Å². The van der Waals surface area contributed by atoms with Gasteiger partial charge >= 0.3 is 6.09 Å². The molecule has 0 aliphatic carbocycles. The third kappa shape index (κ3) is 4.73. The predicted octanol–water partition coefficient (Wildman–Crippen LogP) is 3.01. The molecular weight excluding hydrogens is 242 g/mol. The first-order chi connectivity index (χ1) is 8.87. The molecule has 0 aromatic heterocycles. The van der Waals surface area contributed by atoms with Crippen LogP contribution in [0.2, 0.25) is 0 Å². The number of aldehydes is 1. The molecular formula is C15H21NO3. The van der Waals surface area contributed by atoms with Crippen LogP contribution in [0.4, 0.5) is 4.79 Å². The van der Waals surface area contributed by atoms with E-state index in [0.29, 0.717) is 0 Å². The van der Waals surface area contributed by atoms with Gasteiger partial charge in [0.05, 0.1) is 0 Å². The molecule has 1 N–H and O–H groups in total. The molecule has 0 saturated carbocycles. The molecule has 1 unspecified atom stereocenters. The molecule has 0 spiro atoms. The molecule has 0 saturated heterocycles. The minimum absolute atomic E-state index is 0.582. The molecule has 104 valence electrons. The molecule has 0 fully saturated rings. The highest BCUT2D eigenvalue weighted by Gasteiger charge is 2.21. The fourth-order valence-electron chi connectivity index (χ4n) is 1.78. The molecule has 19 heavy (non-hydrogen) atoms. The molecule has 4 nitrogen and oxygen atoms in total. The second-order valence-electron chi connectivity index (χ2n) is 5.31. The summed E-state index contributed by atoms with van der Waals surface area (Å²) in [7, 11) is 0. The summed E-state index contributed by atoms with van der Waals surface area (Å²) in [5, 5.41) is 2.59. The first kappa shape index (κ1) is 15.2. The summed E-state index contributed by atoms with van der Waals surface area (Å²) in [6.45, 7) is 7.35. The van der Waals surface area contributed by atoms with Gasteiger partial charge in [-0.1, -0.05) is 31.2 Å². The molecule has 0 radical (unpaired) electrons. The minimum Gasteiger partial charge on any atom is -0.444 e. The number of rotatable bonds is 4. The number of hydrogen-bond donors (Lipinski definition) is 1. The summed E-state index contributed by atoms with van der Waals surface area (Å²) < 4.78 is 5.16. The molecule has 1 rings (SSSR count). The lowest BCUT2D eigenvalue weighted by atomic mass is 9.99. The number of carbonyl (C=O) groups excluding carboxylic acids is 2. The molecule has 0 aliphatic rings.